The lowest BCUT2D eigenvalue weighted by Crippen LogP contribution is -1.80. The summed E-state index contributed by atoms with van der Waals surface area (Å²) in [5.41, 5.74) is 0.985. The molecule has 2 aromatic rings. The summed E-state index contributed by atoms with van der Waals surface area (Å²) in [6, 6.07) is 5.83. The molecule has 0 spiro atoms. The Kier molecular flexibility index (Phi) is 2.93. The lowest BCUT2D eigenvalue weighted by atomic mass is 10.4. The zero-order valence-corrected chi connectivity index (χ0v) is 8.71. The van der Waals surface area contributed by atoms with Gasteiger partial charge in [0, 0.05) is 11.8 Å². The number of hydrogen-bond acceptors (Lipinski definition) is 4. The topological polar surface area (TPSA) is 39.2 Å². The van der Waals surface area contributed by atoms with Crippen LogP contribution in [0.2, 0.25) is 0 Å². The Bertz CT molecular complexity index is 380. The van der Waals surface area contributed by atoms with Crippen LogP contribution in [-0.4, -0.2) is 5.16 Å². The largest absolute Gasteiger partial charge is 0.468 e. The van der Waals surface area contributed by atoms with Gasteiger partial charge in [-0.25, -0.2) is 0 Å². The standard InChI is InChI=1S/C10H11NO2S/c1-8-5-9(11-13-8)6-14-7-10-3-2-4-12-10/h2-5H,6-7H2,1H3. The van der Waals surface area contributed by atoms with Gasteiger partial charge < -0.3 is 8.94 Å². The highest BCUT2D eigenvalue weighted by Gasteiger charge is 2.01. The van der Waals surface area contributed by atoms with E-state index in [4.69, 9.17) is 8.94 Å². The van der Waals surface area contributed by atoms with Crippen LogP contribution in [0.25, 0.3) is 0 Å². The van der Waals surface area contributed by atoms with E-state index in [9.17, 15) is 0 Å². The lowest BCUT2D eigenvalue weighted by molar-refractivity contribution is 0.393. The third-order valence-electron chi connectivity index (χ3n) is 1.75. The quantitative estimate of drug-likeness (QED) is 0.776. The van der Waals surface area contributed by atoms with Gasteiger partial charge in [-0.15, -0.1) is 11.8 Å². The number of thioether (sulfide) groups is 1. The van der Waals surface area contributed by atoms with E-state index in [1.54, 1.807) is 18.0 Å². The van der Waals surface area contributed by atoms with Crippen molar-refractivity contribution in [2.45, 2.75) is 18.4 Å². The van der Waals surface area contributed by atoms with E-state index in [-0.39, 0.29) is 0 Å². The van der Waals surface area contributed by atoms with Crippen molar-refractivity contribution in [1.29, 1.82) is 0 Å². The van der Waals surface area contributed by atoms with Gasteiger partial charge in [0.25, 0.3) is 0 Å². The van der Waals surface area contributed by atoms with Gasteiger partial charge in [-0.1, -0.05) is 5.16 Å². The minimum atomic E-state index is 0.859. The first-order valence-corrected chi connectivity index (χ1v) is 5.52. The van der Waals surface area contributed by atoms with E-state index in [1.165, 1.54) is 0 Å². The molecule has 4 heteroatoms. The highest BCUT2D eigenvalue weighted by atomic mass is 32.2. The summed E-state index contributed by atoms with van der Waals surface area (Å²) < 4.78 is 10.2. The van der Waals surface area contributed by atoms with Crippen LogP contribution in [0.5, 0.6) is 0 Å². The van der Waals surface area contributed by atoms with Crippen LogP contribution in [0.15, 0.2) is 33.4 Å². The second-order valence-corrected chi connectivity index (χ2v) is 3.99. The van der Waals surface area contributed by atoms with Crippen LogP contribution >= 0.6 is 11.8 Å². The number of rotatable bonds is 4. The number of aryl methyl sites for hydroxylation is 1. The molecule has 0 N–H and O–H groups in total. The molecule has 2 rings (SSSR count). The molecule has 2 heterocycles. The molecular formula is C10H11NO2S. The van der Waals surface area contributed by atoms with Crippen LogP contribution in [0, 0.1) is 6.92 Å². The zero-order valence-electron chi connectivity index (χ0n) is 7.90. The monoisotopic (exact) mass is 209 g/mol. The molecule has 3 nitrogen and oxygen atoms in total. The molecular weight excluding hydrogens is 198 g/mol. The minimum absolute atomic E-state index is 0.859. The van der Waals surface area contributed by atoms with Crippen LogP contribution in [-0.2, 0) is 11.5 Å². The van der Waals surface area contributed by atoms with Crippen molar-refractivity contribution in [2.24, 2.45) is 0 Å². The van der Waals surface area contributed by atoms with E-state index >= 15 is 0 Å². The second-order valence-electron chi connectivity index (χ2n) is 3.00. The SMILES string of the molecule is Cc1cc(CSCc2ccco2)no1. The maximum atomic E-state index is 5.21. The molecule has 0 radical (unpaired) electrons. The molecule has 0 aliphatic heterocycles. The van der Waals surface area contributed by atoms with E-state index in [0.717, 1.165) is 28.7 Å². The molecule has 0 atom stereocenters. The van der Waals surface area contributed by atoms with Gasteiger partial charge >= 0.3 is 0 Å². The van der Waals surface area contributed by atoms with Crippen molar-refractivity contribution in [1.82, 2.24) is 5.16 Å². The average Bonchev–Trinajstić information content (AvgIpc) is 2.77. The maximum absolute atomic E-state index is 5.21. The Labute approximate surface area is 86.5 Å². The summed E-state index contributed by atoms with van der Waals surface area (Å²) in [5.74, 6) is 3.59. The first kappa shape index (κ1) is 9.40. The molecule has 0 aliphatic rings. The Morgan fingerprint density at radius 2 is 2.36 bits per heavy atom. The Balaban J connectivity index is 1.78. The average molecular weight is 209 g/mol. The molecule has 0 saturated heterocycles. The fraction of sp³-hybridized carbons (Fsp3) is 0.300. The first-order valence-electron chi connectivity index (χ1n) is 4.37. The number of nitrogens with zero attached hydrogens (tertiary/aromatic N) is 1. The Hall–Kier alpha value is -1.16. The predicted octanol–water partition coefficient (Wildman–Crippen LogP) is 3.01. The van der Waals surface area contributed by atoms with Gasteiger partial charge in [0.1, 0.15) is 11.5 Å². The third-order valence-corrected chi connectivity index (χ3v) is 2.74. The zero-order chi connectivity index (χ0) is 9.80. The fourth-order valence-corrected chi connectivity index (χ4v) is 1.95. The summed E-state index contributed by atoms with van der Waals surface area (Å²) in [4.78, 5) is 0. The molecule has 0 saturated carbocycles. The smallest absolute Gasteiger partial charge is 0.133 e. The van der Waals surface area contributed by atoms with E-state index < -0.39 is 0 Å². The van der Waals surface area contributed by atoms with Gasteiger partial charge in [-0.05, 0) is 19.1 Å². The van der Waals surface area contributed by atoms with Crippen molar-refractivity contribution in [3.05, 3.63) is 41.7 Å². The van der Waals surface area contributed by atoms with Gasteiger partial charge in [0.15, 0.2) is 0 Å². The van der Waals surface area contributed by atoms with E-state index in [0.29, 0.717) is 0 Å². The molecule has 0 aromatic carbocycles. The van der Waals surface area contributed by atoms with Crippen LogP contribution < -0.4 is 0 Å². The Morgan fingerprint density at radius 3 is 3.00 bits per heavy atom. The Morgan fingerprint density at radius 1 is 1.43 bits per heavy atom. The van der Waals surface area contributed by atoms with Crippen LogP contribution in [0.1, 0.15) is 17.2 Å². The number of furan rings is 1. The first-order chi connectivity index (χ1) is 6.84. The summed E-state index contributed by atoms with van der Waals surface area (Å²) in [6.07, 6.45) is 1.69. The summed E-state index contributed by atoms with van der Waals surface area (Å²) in [6.45, 7) is 1.90. The predicted molar refractivity (Wildman–Crippen MR) is 54.9 cm³/mol. The molecule has 0 fully saturated rings. The van der Waals surface area contributed by atoms with Crippen molar-refractivity contribution in [3.8, 4) is 0 Å². The van der Waals surface area contributed by atoms with Crippen LogP contribution in [0.4, 0.5) is 0 Å². The van der Waals surface area contributed by atoms with Crippen molar-refractivity contribution in [2.75, 3.05) is 0 Å². The summed E-state index contributed by atoms with van der Waals surface area (Å²) in [5, 5.41) is 3.91. The van der Waals surface area contributed by atoms with Crippen molar-refractivity contribution in [3.63, 3.8) is 0 Å². The lowest BCUT2D eigenvalue weighted by Gasteiger charge is -1.94. The second kappa shape index (κ2) is 4.37. The normalized spacial score (nSPS) is 10.6. The minimum Gasteiger partial charge on any atom is -0.468 e. The van der Waals surface area contributed by atoms with E-state index in [1.807, 2.05) is 25.1 Å². The maximum Gasteiger partial charge on any atom is 0.133 e. The fourth-order valence-electron chi connectivity index (χ4n) is 1.14. The van der Waals surface area contributed by atoms with Crippen LogP contribution in [0.3, 0.4) is 0 Å². The van der Waals surface area contributed by atoms with Crippen molar-refractivity contribution >= 4 is 11.8 Å². The summed E-state index contributed by atoms with van der Waals surface area (Å²) in [7, 11) is 0. The molecule has 0 amide bonds. The molecule has 2 aromatic heterocycles. The van der Waals surface area contributed by atoms with E-state index in [2.05, 4.69) is 5.16 Å². The van der Waals surface area contributed by atoms with Gasteiger partial charge in [-0.3, -0.25) is 0 Å². The summed E-state index contributed by atoms with van der Waals surface area (Å²) >= 11 is 1.76. The van der Waals surface area contributed by atoms with Crippen molar-refractivity contribution < 1.29 is 8.94 Å². The molecule has 0 unspecified atom stereocenters. The highest BCUT2D eigenvalue weighted by Crippen LogP contribution is 2.17. The molecule has 0 aliphatic carbocycles. The van der Waals surface area contributed by atoms with Gasteiger partial charge in [0.2, 0.25) is 0 Å². The molecule has 14 heavy (non-hydrogen) atoms. The molecule has 74 valence electrons. The van der Waals surface area contributed by atoms with Gasteiger partial charge in [-0.2, -0.15) is 0 Å². The number of hydrogen-bond donors (Lipinski definition) is 0. The number of aromatic nitrogens is 1. The third kappa shape index (κ3) is 2.42. The molecule has 0 bridgehead atoms. The van der Waals surface area contributed by atoms with Gasteiger partial charge in [0.05, 0.1) is 17.7 Å². The highest BCUT2D eigenvalue weighted by molar-refractivity contribution is 7.97.